The van der Waals surface area contributed by atoms with E-state index >= 15 is 0 Å². The highest BCUT2D eigenvalue weighted by atomic mass is 127. The molecule has 1 aliphatic heterocycles. The third-order valence-electron chi connectivity index (χ3n) is 5.06. The zero-order valence-electron chi connectivity index (χ0n) is 18.3. The van der Waals surface area contributed by atoms with Gasteiger partial charge in [-0.05, 0) is 38.8 Å². The quantitative estimate of drug-likeness (QED) is 0.199. The number of halogens is 1. The van der Waals surface area contributed by atoms with Gasteiger partial charge >= 0.3 is 0 Å². The molecule has 2 rings (SSSR count). The van der Waals surface area contributed by atoms with Gasteiger partial charge in [-0.3, -0.25) is 4.99 Å². The normalized spacial score (nSPS) is 16.6. The minimum atomic E-state index is 0. The predicted molar refractivity (Wildman–Crippen MR) is 133 cm³/mol. The number of aliphatic imine (C=N–C) groups is 1. The molecule has 1 unspecified atom stereocenters. The molecule has 1 saturated heterocycles. The summed E-state index contributed by atoms with van der Waals surface area (Å²) in [5, 5.41) is 3.46. The van der Waals surface area contributed by atoms with E-state index in [2.05, 4.69) is 59.3 Å². The number of rotatable bonds is 12. The highest BCUT2D eigenvalue weighted by molar-refractivity contribution is 14.0. The lowest BCUT2D eigenvalue weighted by molar-refractivity contribution is 0.0536. The molecule has 1 N–H and O–H groups in total. The van der Waals surface area contributed by atoms with Gasteiger partial charge in [0.2, 0.25) is 0 Å². The lowest BCUT2D eigenvalue weighted by atomic mass is 10.1. The minimum Gasteiger partial charge on any atom is -0.382 e. The van der Waals surface area contributed by atoms with E-state index in [1.54, 1.807) is 7.11 Å². The molecule has 7 heteroatoms. The van der Waals surface area contributed by atoms with Gasteiger partial charge < -0.3 is 24.6 Å². The molecule has 0 saturated carbocycles. The summed E-state index contributed by atoms with van der Waals surface area (Å²) in [6.45, 7) is 12.3. The number of nitrogens with zero attached hydrogens (tertiary/aromatic N) is 3. The number of ether oxygens (including phenoxy) is 2. The minimum absolute atomic E-state index is 0. The van der Waals surface area contributed by atoms with Gasteiger partial charge in [0.25, 0.3) is 0 Å². The van der Waals surface area contributed by atoms with Crippen molar-refractivity contribution in [1.82, 2.24) is 10.2 Å². The fraction of sp³-hybridized carbons (Fsp3) is 0.682. The summed E-state index contributed by atoms with van der Waals surface area (Å²) in [7, 11) is 1.71. The van der Waals surface area contributed by atoms with Gasteiger partial charge in [-0.2, -0.15) is 0 Å². The van der Waals surface area contributed by atoms with E-state index in [4.69, 9.17) is 14.5 Å². The Bertz CT molecular complexity index is 559. The van der Waals surface area contributed by atoms with Crippen LogP contribution in [0.5, 0.6) is 0 Å². The molecule has 0 spiro atoms. The maximum Gasteiger partial charge on any atom is 0.193 e. The Morgan fingerprint density at radius 2 is 2.03 bits per heavy atom. The van der Waals surface area contributed by atoms with E-state index in [9.17, 15) is 0 Å². The fourth-order valence-electron chi connectivity index (χ4n) is 3.53. The molecule has 0 radical (unpaired) electrons. The summed E-state index contributed by atoms with van der Waals surface area (Å²) in [5.41, 5.74) is 1.29. The van der Waals surface area contributed by atoms with E-state index in [0.29, 0.717) is 19.1 Å². The Balaban J connectivity index is 0.00000420. The number of hydrogen-bond acceptors (Lipinski definition) is 4. The second-order valence-electron chi connectivity index (χ2n) is 7.17. The highest BCUT2D eigenvalue weighted by Gasteiger charge is 2.24. The number of guanidine groups is 1. The first kappa shape index (κ1) is 26.0. The van der Waals surface area contributed by atoms with Crippen LogP contribution in [0.2, 0.25) is 0 Å². The first-order valence-corrected chi connectivity index (χ1v) is 10.7. The molecule has 29 heavy (non-hydrogen) atoms. The first-order valence-electron chi connectivity index (χ1n) is 10.7. The molecular formula is C22H39IN4O2. The molecule has 166 valence electrons. The van der Waals surface area contributed by atoms with Crippen molar-refractivity contribution in [2.75, 3.05) is 71.1 Å². The molecule has 1 heterocycles. The van der Waals surface area contributed by atoms with E-state index in [1.165, 1.54) is 5.69 Å². The van der Waals surface area contributed by atoms with Crippen molar-refractivity contribution in [3.63, 3.8) is 0 Å². The molecular weight excluding hydrogens is 479 g/mol. The van der Waals surface area contributed by atoms with E-state index in [0.717, 1.165) is 64.7 Å². The summed E-state index contributed by atoms with van der Waals surface area (Å²) in [5.74, 6) is 1.62. The second kappa shape index (κ2) is 15.7. The number of para-hydroxylation sites is 1. The Morgan fingerprint density at radius 1 is 1.24 bits per heavy atom. The Morgan fingerprint density at radius 3 is 2.72 bits per heavy atom. The predicted octanol–water partition coefficient (Wildman–Crippen LogP) is 3.47. The monoisotopic (exact) mass is 518 g/mol. The average Bonchev–Trinajstić information content (AvgIpc) is 3.20. The largest absolute Gasteiger partial charge is 0.382 e. The Labute approximate surface area is 194 Å². The Hall–Kier alpha value is -1.06. The van der Waals surface area contributed by atoms with Gasteiger partial charge in [0.05, 0.1) is 19.8 Å². The lowest BCUT2D eigenvalue weighted by Gasteiger charge is -2.24. The number of methoxy groups -OCH3 is 1. The van der Waals surface area contributed by atoms with Crippen LogP contribution in [0.3, 0.4) is 0 Å². The third-order valence-corrected chi connectivity index (χ3v) is 5.06. The zero-order valence-corrected chi connectivity index (χ0v) is 20.6. The summed E-state index contributed by atoms with van der Waals surface area (Å²) >= 11 is 0. The molecule has 1 fully saturated rings. The number of hydrogen-bond donors (Lipinski definition) is 1. The molecule has 1 atom stereocenters. The van der Waals surface area contributed by atoms with Gasteiger partial charge in [-0.1, -0.05) is 18.2 Å². The molecule has 1 aliphatic rings. The summed E-state index contributed by atoms with van der Waals surface area (Å²) in [6.07, 6.45) is 2.21. The maximum atomic E-state index is 5.71. The van der Waals surface area contributed by atoms with Crippen LogP contribution in [-0.4, -0.2) is 77.1 Å². The van der Waals surface area contributed by atoms with Crippen LogP contribution in [0, 0.1) is 5.92 Å². The van der Waals surface area contributed by atoms with Gasteiger partial charge in [0.1, 0.15) is 0 Å². The van der Waals surface area contributed by atoms with E-state index in [1.807, 2.05) is 0 Å². The van der Waals surface area contributed by atoms with Crippen LogP contribution >= 0.6 is 24.0 Å². The number of anilines is 1. The molecule has 0 aliphatic carbocycles. The number of likely N-dealkylation sites (tertiary alicyclic amines) is 1. The van der Waals surface area contributed by atoms with E-state index < -0.39 is 0 Å². The van der Waals surface area contributed by atoms with Crippen LogP contribution in [0.25, 0.3) is 0 Å². The molecule has 0 amide bonds. The molecule has 0 bridgehead atoms. The van der Waals surface area contributed by atoms with Crippen LogP contribution in [0.1, 0.15) is 26.7 Å². The zero-order chi connectivity index (χ0) is 20.0. The summed E-state index contributed by atoms with van der Waals surface area (Å²) < 4.78 is 10.7. The third kappa shape index (κ3) is 9.53. The van der Waals surface area contributed by atoms with Gasteiger partial charge in [-0.25, -0.2) is 0 Å². The average molecular weight is 518 g/mol. The van der Waals surface area contributed by atoms with Crippen molar-refractivity contribution in [3.8, 4) is 0 Å². The number of nitrogens with one attached hydrogen (secondary N) is 1. The molecule has 6 nitrogen and oxygen atoms in total. The first-order chi connectivity index (χ1) is 13.8. The van der Waals surface area contributed by atoms with Crippen molar-refractivity contribution in [1.29, 1.82) is 0 Å². The molecule has 1 aromatic carbocycles. The van der Waals surface area contributed by atoms with Crippen molar-refractivity contribution in [2.45, 2.75) is 26.7 Å². The highest BCUT2D eigenvalue weighted by Crippen LogP contribution is 2.17. The van der Waals surface area contributed by atoms with Gasteiger partial charge in [0, 0.05) is 58.0 Å². The second-order valence-corrected chi connectivity index (χ2v) is 7.17. The summed E-state index contributed by atoms with van der Waals surface area (Å²) in [6, 6.07) is 10.6. The van der Waals surface area contributed by atoms with Crippen molar-refractivity contribution < 1.29 is 9.47 Å². The van der Waals surface area contributed by atoms with Crippen LogP contribution in [0.15, 0.2) is 35.3 Å². The fourth-order valence-corrected chi connectivity index (χ4v) is 3.53. The lowest BCUT2D eigenvalue weighted by Crippen LogP contribution is -2.40. The van der Waals surface area contributed by atoms with Crippen molar-refractivity contribution in [3.05, 3.63) is 30.3 Å². The van der Waals surface area contributed by atoms with Crippen molar-refractivity contribution >= 4 is 35.6 Å². The topological polar surface area (TPSA) is 49.3 Å². The summed E-state index contributed by atoms with van der Waals surface area (Å²) in [4.78, 5) is 9.67. The standard InChI is InChI=1S/C22H38N4O2.HI/c1-4-23-22(26-15-12-20(18-26)19-28-17-16-27-3)24-13-9-14-25(5-2)21-10-7-6-8-11-21;/h6-8,10-11,20H,4-5,9,12-19H2,1-3H3,(H,23,24);1H. The van der Waals surface area contributed by atoms with Crippen LogP contribution in [-0.2, 0) is 9.47 Å². The Kier molecular flexibility index (Phi) is 14.1. The number of benzene rings is 1. The van der Waals surface area contributed by atoms with E-state index in [-0.39, 0.29) is 24.0 Å². The smallest absolute Gasteiger partial charge is 0.193 e. The van der Waals surface area contributed by atoms with Crippen LogP contribution in [0.4, 0.5) is 5.69 Å². The molecule has 1 aromatic rings. The van der Waals surface area contributed by atoms with Crippen LogP contribution < -0.4 is 10.2 Å². The SMILES string of the molecule is CCNC(=NCCCN(CC)c1ccccc1)N1CCC(COCCOC)C1.I. The molecule has 0 aromatic heterocycles. The maximum absolute atomic E-state index is 5.71. The van der Waals surface area contributed by atoms with Crippen molar-refractivity contribution in [2.24, 2.45) is 10.9 Å². The van der Waals surface area contributed by atoms with Gasteiger partial charge in [-0.15, -0.1) is 24.0 Å². The van der Waals surface area contributed by atoms with Gasteiger partial charge in [0.15, 0.2) is 5.96 Å².